The first kappa shape index (κ1) is 10.4. The lowest BCUT2D eigenvalue weighted by molar-refractivity contribution is -0.0426. The van der Waals surface area contributed by atoms with Crippen LogP contribution >= 0.6 is 0 Å². The Morgan fingerprint density at radius 3 is 2.50 bits per heavy atom. The summed E-state index contributed by atoms with van der Waals surface area (Å²) in [6, 6.07) is 0. The quantitative estimate of drug-likeness (QED) is 0.738. The van der Waals surface area contributed by atoms with E-state index < -0.39 is 5.60 Å². The lowest BCUT2D eigenvalue weighted by Crippen LogP contribution is -2.40. The Hall–Kier alpha value is -0.0800. The van der Waals surface area contributed by atoms with Crippen molar-refractivity contribution in [1.82, 2.24) is 0 Å². The van der Waals surface area contributed by atoms with Crippen LogP contribution in [-0.4, -0.2) is 23.9 Å². The van der Waals surface area contributed by atoms with Crippen LogP contribution in [0.1, 0.15) is 45.4 Å². The van der Waals surface area contributed by atoms with Crippen LogP contribution in [0.2, 0.25) is 0 Å². The third-order valence-corrected chi connectivity index (χ3v) is 4.22. The van der Waals surface area contributed by atoms with Crippen LogP contribution in [0.15, 0.2) is 0 Å². The van der Waals surface area contributed by atoms with Crippen molar-refractivity contribution in [1.29, 1.82) is 0 Å². The molecule has 2 aliphatic rings. The van der Waals surface area contributed by atoms with Crippen molar-refractivity contribution in [3.8, 4) is 0 Å². The second-order valence-electron chi connectivity index (χ2n) is 5.03. The highest BCUT2D eigenvalue weighted by atomic mass is 16.5. The Morgan fingerprint density at radius 1 is 1.29 bits per heavy atom. The highest BCUT2D eigenvalue weighted by Gasteiger charge is 2.41. The van der Waals surface area contributed by atoms with Gasteiger partial charge in [0.2, 0.25) is 0 Å². The van der Waals surface area contributed by atoms with Crippen molar-refractivity contribution < 1.29 is 9.84 Å². The molecule has 82 valence electrons. The van der Waals surface area contributed by atoms with Crippen LogP contribution in [-0.2, 0) is 4.74 Å². The number of hydrogen-bond acceptors (Lipinski definition) is 2. The Morgan fingerprint density at radius 2 is 2.00 bits per heavy atom. The molecule has 1 aliphatic carbocycles. The van der Waals surface area contributed by atoms with Gasteiger partial charge in [-0.1, -0.05) is 26.2 Å². The predicted molar refractivity (Wildman–Crippen MR) is 56.1 cm³/mol. The average Bonchev–Trinajstić information content (AvgIpc) is 2.67. The van der Waals surface area contributed by atoms with Crippen molar-refractivity contribution in [2.45, 2.75) is 51.0 Å². The Bertz CT molecular complexity index is 177. The molecule has 2 fully saturated rings. The minimum Gasteiger partial charge on any atom is -0.387 e. The molecule has 0 spiro atoms. The molecule has 0 amide bonds. The number of aliphatic hydroxyl groups is 1. The van der Waals surface area contributed by atoms with E-state index in [4.69, 9.17) is 4.74 Å². The van der Waals surface area contributed by atoms with Gasteiger partial charge in [-0.15, -0.1) is 0 Å². The number of ether oxygens (including phenoxy) is 1. The molecule has 0 aromatic heterocycles. The minimum absolute atomic E-state index is 0.474. The Labute approximate surface area is 86.6 Å². The van der Waals surface area contributed by atoms with E-state index in [-0.39, 0.29) is 0 Å². The van der Waals surface area contributed by atoms with E-state index in [0.29, 0.717) is 12.5 Å². The van der Waals surface area contributed by atoms with E-state index in [0.717, 1.165) is 18.9 Å². The van der Waals surface area contributed by atoms with Gasteiger partial charge in [0, 0.05) is 13.0 Å². The van der Waals surface area contributed by atoms with E-state index in [1.807, 2.05) is 0 Å². The second kappa shape index (κ2) is 4.19. The van der Waals surface area contributed by atoms with Crippen LogP contribution in [0.3, 0.4) is 0 Å². The SMILES string of the molecule is CCC1CCC(C2(O)CCOC2)CC1. The summed E-state index contributed by atoms with van der Waals surface area (Å²) in [6.07, 6.45) is 7.19. The van der Waals surface area contributed by atoms with Crippen molar-refractivity contribution in [3.63, 3.8) is 0 Å². The number of hydrogen-bond donors (Lipinski definition) is 1. The minimum atomic E-state index is -0.474. The standard InChI is InChI=1S/C12H22O2/c1-2-10-3-5-11(6-4-10)12(13)7-8-14-9-12/h10-11,13H,2-9H2,1H3. The zero-order valence-electron chi connectivity index (χ0n) is 9.17. The normalized spacial score (nSPS) is 44.1. The van der Waals surface area contributed by atoms with Crippen LogP contribution < -0.4 is 0 Å². The summed E-state index contributed by atoms with van der Waals surface area (Å²) in [5.74, 6) is 1.42. The molecule has 1 saturated carbocycles. The first-order valence-electron chi connectivity index (χ1n) is 6.05. The van der Waals surface area contributed by atoms with E-state index in [1.165, 1.54) is 32.1 Å². The Kier molecular flexibility index (Phi) is 3.13. The Balaban J connectivity index is 1.88. The summed E-state index contributed by atoms with van der Waals surface area (Å²) in [7, 11) is 0. The maximum Gasteiger partial charge on any atom is 0.0929 e. The molecule has 0 aromatic carbocycles. The van der Waals surface area contributed by atoms with Gasteiger partial charge in [0.1, 0.15) is 0 Å². The number of rotatable bonds is 2. The summed E-state index contributed by atoms with van der Waals surface area (Å²) < 4.78 is 5.32. The van der Waals surface area contributed by atoms with E-state index in [1.54, 1.807) is 0 Å². The summed E-state index contributed by atoms with van der Waals surface area (Å²) in [6.45, 7) is 3.61. The molecule has 0 radical (unpaired) electrons. The van der Waals surface area contributed by atoms with Gasteiger partial charge in [0.05, 0.1) is 12.2 Å². The molecule has 1 heterocycles. The molecular formula is C12H22O2. The van der Waals surface area contributed by atoms with Gasteiger partial charge in [-0.05, 0) is 24.7 Å². The van der Waals surface area contributed by atoms with E-state index in [2.05, 4.69) is 6.92 Å². The van der Waals surface area contributed by atoms with E-state index in [9.17, 15) is 5.11 Å². The van der Waals surface area contributed by atoms with Gasteiger partial charge >= 0.3 is 0 Å². The lowest BCUT2D eigenvalue weighted by Gasteiger charge is -2.36. The van der Waals surface area contributed by atoms with Gasteiger partial charge in [-0.2, -0.15) is 0 Å². The molecule has 0 aromatic rings. The molecule has 14 heavy (non-hydrogen) atoms. The first-order chi connectivity index (χ1) is 6.74. The summed E-state index contributed by atoms with van der Waals surface area (Å²) in [5.41, 5.74) is -0.474. The zero-order valence-corrected chi connectivity index (χ0v) is 9.17. The van der Waals surface area contributed by atoms with Crippen LogP contribution in [0, 0.1) is 11.8 Å². The van der Waals surface area contributed by atoms with Crippen molar-refractivity contribution in [2.75, 3.05) is 13.2 Å². The third kappa shape index (κ3) is 1.96. The van der Waals surface area contributed by atoms with E-state index >= 15 is 0 Å². The fourth-order valence-electron chi connectivity index (χ4n) is 3.00. The average molecular weight is 198 g/mol. The molecule has 1 saturated heterocycles. The lowest BCUT2D eigenvalue weighted by atomic mass is 9.72. The molecule has 1 atom stereocenters. The third-order valence-electron chi connectivity index (χ3n) is 4.22. The first-order valence-corrected chi connectivity index (χ1v) is 6.05. The maximum atomic E-state index is 10.3. The highest BCUT2D eigenvalue weighted by Crippen LogP contribution is 2.40. The van der Waals surface area contributed by atoms with Gasteiger partial charge in [-0.25, -0.2) is 0 Å². The molecule has 2 nitrogen and oxygen atoms in total. The van der Waals surface area contributed by atoms with Crippen LogP contribution in [0.5, 0.6) is 0 Å². The summed E-state index contributed by atoms with van der Waals surface area (Å²) in [5, 5.41) is 10.3. The predicted octanol–water partition coefficient (Wildman–Crippen LogP) is 2.35. The van der Waals surface area contributed by atoms with Gasteiger partial charge in [-0.3, -0.25) is 0 Å². The largest absolute Gasteiger partial charge is 0.387 e. The zero-order chi connectivity index (χ0) is 10.0. The van der Waals surface area contributed by atoms with Gasteiger partial charge < -0.3 is 9.84 Å². The van der Waals surface area contributed by atoms with Gasteiger partial charge in [0.15, 0.2) is 0 Å². The fraction of sp³-hybridized carbons (Fsp3) is 1.00. The summed E-state index contributed by atoms with van der Waals surface area (Å²) in [4.78, 5) is 0. The van der Waals surface area contributed by atoms with Crippen molar-refractivity contribution in [2.24, 2.45) is 11.8 Å². The van der Waals surface area contributed by atoms with Crippen LogP contribution in [0.4, 0.5) is 0 Å². The maximum absolute atomic E-state index is 10.3. The molecule has 2 rings (SSSR count). The smallest absolute Gasteiger partial charge is 0.0929 e. The summed E-state index contributed by atoms with van der Waals surface area (Å²) >= 11 is 0. The van der Waals surface area contributed by atoms with Crippen LogP contribution in [0.25, 0.3) is 0 Å². The monoisotopic (exact) mass is 198 g/mol. The highest BCUT2D eigenvalue weighted by molar-refractivity contribution is 4.92. The topological polar surface area (TPSA) is 29.5 Å². The van der Waals surface area contributed by atoms with Gasteiger partial charge in [0.25, 0.3) is 0 Å². The molecule has 1 unspecified atom stereocenters. The molecule has 1 N–H and O–H groups in total. The fourth-order valence-corrected chi connectivity index (χ4v) is 3.00. The second-order valence-corrected chi connectivity index (χ2v) is 5.03. The molecular weight excluding hydrogens is 176 g/mol. The molecule has 0 bridgehead atoms. The molecule has 2 heteroatoms. The molecule has 1 aliphatic heterocycles. The van der Waals surface area contributed by atoms with Crippen molar-refractivity contribution >= 4 is 0 Å². The van der Waals surface area contributed by atoms with Crippen molar-refractivity contribution in [3.05, 3.63) is 0 Å².